The van der Waals surface area contributed by atoms with E-state index in [4.69, 9.17) is 4.74 Å². The van der Waals surface area contributed by atoms with Gasteiger partial charge in [0.25, 0.3) is 0 Å². The standard InChI is InChI=1S/C10H20N2O/c1-7-9(13-8(2)11-7)10(3,4)12(5)6/h7,9H,1-6H3. The van der Waals surface area contributed by atoms with Gasteiger partial charge in [-0.1, -0.05) is 0 Å². The average Bonchev–Trinajstić information content (AvgIpc) is 2.30. The Morgan fingerprint density at radius 3 is 2.23 bits per heavy atom. The van der Waals surface area contributed by atoms with Crippen molar-refractivity contribution < 1.29 is 4.74 Å². The summed E-state index contributed by atoms with van der Waals surface area (Å²) < 4.78 is 5.71. The van der Waals surface area contributed by atoms with Crippen molar-refractivity contribution in [3.63, 3.8) is 0 Å². The Hall–Kier alpha value is -0.570. The van der Waals surface area contributed by atoms with E-state index in [9.17, 15) is 0 Å². The second kappa shape index (κ2) is 3.29. The molecule has 1 rings (SSSR count). The quantitative estimate of drug-likeness (QED) is 0.650. The summed E-state index contributed by atoms with van der Waals surface area (Å²) in [6.07, 6.45) is 0.169. The van der Waals surface area contributed by atoms with Crippen molar-refractivity contribution in [1.29, 1.82) is 0 Å². The predicted molar refractivity (Wildman–Crippen MR) is 55.2 cm³/mol. The summed E-state index contributed by atoms with van der Waals surface area (Å²) >= 11 is 0. The fourth-order valence-corrected chi connectivity index (χ4v) is 1.66. The van der Waals surface area contributed by atoms with Gasteiger partial charge in [-0.3, -0.25) is 0 Å². The molecule has 0 aromatic carbocycles. The second-order valence-corrected chi connectivity index (χ2v) is 4.48. The molecule has 0 aromatic heterocycles. The van der Waals surface area contributed by atoms with Crippen LogP contribution in [0.3, 0.4) is 0 Å². The van der Waals surface area contributed by atoms with Crippen molar-refractivity contribution in [2.75, 3.05) is 14.1 Å². The zero-order chi connectivity index (χ0) is 10.2. The lowest BCUT2D eigenvalue weighted by Crippen LogP contribution is -2.52. The van der Waals surface area contributed by atoms with Crippen LogP contribution in [0.4, 0.5) is 0 Å². The van der Waals surface area contributed by atoms with Gasteiger partial charge >= 0.3 is 0 Å². The number of hydrogen-bond donors (Lipinski definition) is 0. The van der Waals surface area contributed by atoms with Gasteiger partial charge in [-0.05, 0) is 34.9 Å². The lowest BCUT2D eigenvalue weighted by Gasteiger charge is -2.38. The summed E-state index contributed by atoms with van der Waals surface area (Å²) in [5, 5.41) is 0. The first-order valence-electron chi connectivity index (χ1n) is 4.74. The number of hydrogen-bond acceptors (Lipinski definition) is 3. The Balaban J connectivity index is 2.75. The van der Waals surface area contributed by atoms with Crippen molar-refractivity contribution in [2.45, 2.75) is 45.4 Å². The monoisotopic (exact) mass is 184 g/mol. The van der Waals surface area contributed by atoms with E-state index in [0.717, 1.165) is 5.90 Å². The molecule has 0 N–H and O–H groups in total. The molecule has 0 saturated carbocycles. The molecule has 2 unspecified atom stereocenters. The zero-order valence-corrected chi connectivity index (χ0v) is 9.46. The first kappa shape index (κ1) is 10.5. The second-order valence-electron chi connectivity index (χ2n) is 4.48. The van der Waals surface area contributed by atoms with Crippen LogP contribution in [0.15, 0.2) is 4.99 Å². The maximum absolute atomic E-state index is 5.71. The van der Waals surface area contributed by atoms with Gasteiger partial charge in [-0.25, -0.2) is 4.99 Å². The summed E-state index contributed by atoms with van der Waals surface area (Å²) in [6, 6.07) is 0.261. The SMILES string of the molecule is CC1=NC(C)C(C(C)(C)N(C)C)O1. The maximum Gasteiger partial charge on any atom is 0.180 e. The lowest BCUT2D eigenvalue weighted by atomic mass is 9.91. The number of aliphatic imine (C=N–C) groups is 1. The molecule has 0 radical (unpaired) electrons. The minimum atomic E-state index is 0.0284. The van der Waals surface area contributed by atoms with Crippen molar-refractivity contribution in [3.8, 4) is 0 Å². The Labute approximate surface area is 80.8 Å². The molecule has 1 aliphatic heterocycles. The molecule has 3 nitrogen and oxygen atoms in total. The van der Waals surface area contributed by atoms with Crippen molar-refractivity contribution >= 4 is 5.90 Å². The lowest BCUT2D eigenvalue weighted by molar-refractivity contribution is 0.0303. The van der Waals surface area contributed by atoms with E-state index < -0.39 is 0 Å². The van der Waals surface area contributed by atoms with Crippen LogP contribution >= 0.6 is 0 Å². The molecule has 13 heavy (non-hydrogen) atoms. The average molecular weight is 184 g/mol. The summed E-state index contributed by atoms with van der Waals surface area (Å²) in [5.74, 6) is 0.812. The Morgan fingerprint density at radius 2 is 1.92 bits per heavy atom. The predicted octanol–water partition coefficient (Wildman–Crippen LogP) is 1.53. The van der Waals surface area contributed by atoms with Gasteiger partial charge in [-0.15, -0.1) is 0 Å². The molecule has 0 bridgehead atoms. The third kappa shape index (κ3) is 1.85. The molecule has 1 heterocycles. The minimum absolute atomic E-state index is 0.0284. The van der Waals surface area contributed by atoms with E-state index in [1.54, 1.807) is 0 Å². The van der Waals surface area contributed by atoms with Gasteiger partial charge in [0, 0.05) is 6.92 Å². The Morgan fingerprint density at radius 1 is 1.38 bits per heavy atom. The molecule has 1 aliphatic rings. The molecule has 2 atom stereocenters. The molecular formula is C10H20N2O. The van der Waals surface area contributed by atoms with Crippen LogP contribution in [0.1, 0.15) is 27.7 Å². The normalized spacial score (nSPS) is 29.0. The van der Waals surface area contributed by atoms with Crippen molar-refractivity contribution in [3.05, 3.63) is 0 Å². The van der Waals surface area contributed by atoms with E-state index >= 15 is 0 Å². The van der Waals surface area contributed by atoms with Crippen LogP contribution in [0.25, 0.3) is 0 Å². The van der Waals surface area contributed by atoms with E-state index in [2.05, 4.69) is 44.8 Å². The van der Waals surface area contributed by atoms with Crippen LogP contribution < -0.4 is 0 Å². The van der Waals surface area contributed by atoms with Crippen LogP contribution in [0.2, 0.25) is 0 Å². The van der Waals surface area contributed by atoms with Crippen LogP contribution in [0.5, 0.6) is 0 Å². The topological polar surface area (TPSA) is 24.8 Å². The first-order valence-corrected chi connectivity index (χ1v) is 4.74. The Kier molecular flexibility index (Phi) is 2.66. The number of likely N-dealkylation sites (N-methyl/N-ethyl adjacent to an activating group) is 1. The highest BCUT2D eigenvalue weighted by atomic mass is 16.5. The molecule has 0 fully saturated rings. The summed E-state index contributed by atoms with van der Waals surface area (Å²) in [6.45, 7) is 8.39. The van der Waals surface area contributed by atoms with E-state index in [1.807, 2.05) is 6.92 Å². The van der Waals surface area contributed by atoms with Gasteiger partial charge in [0.05, 0.1) is 11.6 Å². The molecule has 0 aromatic rings. The molecular weight excluding hydrogens is 164 g/mol. The highest BCUT2D eigenvalue weighted by Gasteiger charge is 2.40. The molecule has 0 spiro atoms. The maximum atomic E-state index is 5.71. The summed E-state index contributed by atoms with van der Waals surface area (Å²) in [4.78, 5) is 6.57. The zero-order valence-electron chi connectivity index (χ0n) is 9.46. The van der Waals surface area contributed by atoms with E-state index in [1.165, 1.54) is 0 Å². The van der Waals surface area contributed by atoms with Crippen LogP contribution in [-0.2, 0) is 4.74 Å². The van der Waals surface area contributed by atoms with Gasteiger partial charge in [-0.2, -0.15) is 0 Å². The fraction of sp³-hybridized carbons (Fsp3) is 0.900. The third-order valence-corrected chi connectivity index (χ3v) is 2.97. The van der Waals surface area contributed by atoms with Gasteiger partial charge < -0.3 is 9.64 Å². The summed E-state index contributed by atoms with van der Waals surface area (Å²) in [5.41, 5.74) is 0.0284. The van der Waals surface area contributed by atoms with E-state index in [-0.39, 0.29) is 17.7 Å². The molecule has 0 aliphatic carbocycles. The van der Waals surface area contributed by atoms with Crippen LogP contribution in [0, 0.1) is 0 Å². The first-order chi connectivity index (χ1) is 5.85. The van der Waals surface area contributed by atoms with Crippen molar-refractivity contribution in [1.82, 2.24) is 4.90 Å². The highest BCUT2D eigenvalue weighted by molar-refractivity contribution is 5.75. The highest BCUT2D eigenvalue weighted by Crippen LogP contribution is 2.27. The molecule has 0 saturated heterocycles. The largest absolute Gasteiger partial charge is 0.474 e. The minimum Gasteiger partial charge on any atom is -0.474 e. The molecule has 3 heteroatoms. The Bertz CT molecular complexity index is 221. The summed E-state index contributed by atoms with van der Waals surface area (Å²) in [7, 11) is 4.15. The molecule has 76 valence electrons. The van der Waals surface area contributed by atoms with Crippen molar-refractivity contribution in [2.24, 2.45) is 4.99 Å². The van der Waals surface area contributed by atoms with E-state index in [0.29, 0.717) is 0 Å². The van der Waals surface area contributed by atoms with Crippen LogP contribution in [-0.4, -0.2) is 42.6 Å². The van der Waals surface area contributed by atoms with Gasteiger partial charge in [0.1, 0.15) is 6.10 Å². The number of ether oxygens (including phenoxy) is 1. The smallest absolute Gasteiger partial charge is 0.180 e. The fourth-order valence-electron chi connectivity index (χ4n) is 1.66. The van der Waals surface area contributed by atoms with Gasteiger partial charge in [0.15, 0.2) is 5.90 Å². The van der Waals surface area contributed by atoms with Gasteiger partial charge in [0.2, 0.25) is 0 Å². The number of rotatable bonds is 2. The molecule has 0 amide bonds. The number of nitrogens with zero attached hydrogens (tertiary/aromatic N) is 2. The third-order valence-electron chi connectivity index (χ3n) is 2.97.